The van der Waals surface area contributed by atoms with Crippen molar-refractivity contribution in [1.29, 1.82) is 0 Å². The minimum absolute atomic E-state index is 0.496. The molecule has 0 saturated heterocycles. The summed E-state index contributed by atoms with van der Waals surface area (Å²) in [5, 5.41) is 0. The molecule has 1 aromatic rings. The summed E-state index contributed by atoms with van der Waals surface area (Å²) < 4.78 is 0. The molecule has 15 heavy (non-hydrogen) atoms. The van der Waals surface area contributed by atoms with Crippen LogP contribution in [0.1, 0.15) is 26.7 Å². The Hall–Kier alpha value is -1.29. The van der Waals surface area contributed by atoms with Crippen LogP contribution >= 0.6 is 0 Å². The minimum Gasteiger partial charge on any atom is -0.357 e. The van der Waals surface area contributed by atoms with Crippen LogP contribution in [0.25, 0.3) is 0 Å². The van der Waals surface area contributed by atoms with Crippen LogP contribution in [0.5, 0.6) is 0 Å². The molecule has 0 bridgehead atoms. The Labute approximate surface area is 91.5 Å². The van der Waals surface area contributed by atoms with Gasteiger partial charge < -0.3 is 10.3 Å². The summed E-state index contributed by atoms with van der Waals surface area (Å²) in [4.78, 5) is 6.56. The van der Waals surface area contributed by atoms with E-state index in [2.05, 4.69) is 36.2 Å². The predicted octanol–water partition coefficient (Wildman–Crippen LogP) is 1.99. The van der Waals surface area contributed by atoms with Gasteiger partial charge in [0.05, 0.1) is 0 Å². The van der Waals surface area contributed by atoms with Gasteiger partial charge in [0, 0.05) is 13.1 Å². The molecule has 4 heteroatoms. The molecule has 3 N–H and O–H groups in total. The average molecular weight is 208 g/mol. The Morgan fingerprint density at radius 3 is 2.87 bits per heavy atom. The van der Waals surface area contributed by atoms with E-state index >= 15 is 0 Å². The van der Waals surface area contributed by atoms with Crippen LogP contribution in [0.3, 0.4) is 0 Å². The molecule has 1 unspecified atom stereocenters. The summed E-state index contributed by atoms with van der Waals surface area (Å²) in [6.45, 7) is 4.39. The van der Waals surface area contributed by atoms with Crippen LogP contribution in [0.2, 0.25) is 0 Å². The van der Waals surface area contributed by atoms with Gasteiger partial charge in [-0.1, -0.05) is 19.4 Å². The van der Waals surface area contributed by atoms with Crippen molar-refractivity contribution < 1.29 is 0 Å². The molecule has 0 spiro atoms. The zero-order chi connectivity index (χ0) is 11.3. The zero-order valence-electron chi connectivity index (χ0n) is 9.70. The van der Waals surface area contributed by atoms with Crippen molar-refractivity contribution in [3.05, 3.63) is 18.2 Å². The second kappa shape index (κ2) is 5.56. The van der Waals surface area contributed by atoms with Gasteiger partial charge in [0.2, 0.25) is 0 Å². The first-order chi connectivity index (χ1) is 7.19. The van der Waals surface area contributed by atoms with Gasteiger partial charge in [-0.05, 0) is 25.5 Å². The number of hydrogen-bond donors (Lipinski definition) is 2. The smallest absolute Gasteiger partial charge is 0.142 e. The first-order valence-electron chi connectivity index (χ1n) is 5.35. The number of hydrazine groups is 1. The molecule has 0 fully saturated rings. The normalized spacial score (nSPS) is 12.3. The predicted molar refractivity (Wildman–Crippen MR) is 64.8 cm³/mol. The van der Waals surface area contributed by atoms with E-state index in [4.69, 9.17) is 5.84 Å². The van der Waals surface area contributed by atoms with E-state index in [0.717, 1.165) is 5.82 Å². The van der Waals surface area contributed by atoms with Crippen LogP contribution in [0.4, 0.5) is 11.6 Å². The third-order valence-corrected chi connectivity index (χ3v) is 2.61. The van der Waals surface area contributed by atoms with Gasteiger partial charge in [0.1, 0.15) is 11.6 Å². The number of pyridine rings is 1. The average Bonchev–Trinajstić information content (AvgIpc) is 2.28. The lowest BCUT2D eigenvalue weighted by atomic mass is 10.2. The highest BCUT2D eigenvalue weighted by Gasteiger charge is 2.10. The lowest BCUT2D eigenvalue weighted by Gasteiger charge is -2.25. The molecule has 1 atom stereocenters. The van der Waals surface area contributed by atoms with Gasteiger partial charge in [-0.25, -0.2) is 10.8 Å². The Kier molecular flexibility index (Phi) is 4.37. The standard InChI is InChI=1S/C11H20N4/c1-4-6-9(2)15(3)11-8-5-7-10(13-11)14-12/h5,7-9H,4,6,12H2,1-3H3,(H,13,14). The molecule has 0 amide bonds. The maximum absolute atomic E-state index is 5.32. The van der Waals surface area contributed by atoms with Crippen LogP contribution in [-0.2, 0) is 0 Å². The third-order valence-electron chi connectivity index (χ3n) is 2.61. The van der Waals surface area contributed by atoms with Crippen molar-refractivity contribution >= 4 is 11.6 Å². The van der Waals surface area contributed by atoms with E-state index < -0.39 is 0 Å². The molecular formula is C11H20N4. The molecule has 1 rings (SSSR count). The van der Waals surface area contributed by atoms with Gasteiger partial charge >= 0.3 is 0 Å². The second-order valence-corrected chi connectivity index (χ2v) is 3.77. The SMILES string of the molecule is CCCC(C)N(C)c1cccc(NN)n1. The largest absolute Gasteiger partial charge is 0.357 e. The van der Waals surface area contributed by atoms with E-state index in [1.807, 2.05) is 18.2 Å². The maximum atomic E-state index is 5.32. The van der Waals surface area contributed by atoms with Crippen LogP contribution in [0.15, 0.2) is 18.2 Å². The first kappa shape index (κ1) is 11.8. The monoisotopic (exact) mass is 208 g/mol. The number of hydrogen-bond acceptors (Lipinski definition) is 4. The van der Waals surface area contributed by atoms with Gasteiger partial charge in [-0.3, -0.25) is 0 Å². The number of nitrogens with zero attached hydrogens (tertiary/aromatic N) is 2. The molecule has 1 aromatic heterocycles. The fourth-order valence-corrected chi connectivity index (χ4v) is 1.54. The van der Waals surface area contributed by atoms with Crippen molar-refractivity contribution in [1.82, 2.24) is 4.98 Å². The molecule has 0 aliphatic rings. The maximum Gasteiger partial charge on any atom is 0.142 e. The topological polar surface area (TPSA) is 54.2 Å². The Morgan fingerprint density at radius 1 is 1.53 bits per heavy atom. The van der Waals surface area contributed by atoms with Crippen molar-refractivity contribution in [2.45, 2.75) is 32.7 Å². The van der Waals surface area contributed by atoms with E-state index in [1.54, 1.807) is 0 Å². The van der Waals surface area contributed by atoms with E-state index in [1.165, 1.54) is 12.8 Å². The number of nitrogens with one attached hydrogen (secondary N) is 1. The van der Waals surface area contributed by atoms with E-state index in [9.17, 15) is 0 Å². The van der Waals surface area contributed by atoms with Crippen molar-refractivity contribution in [3.63, 3.8) is 0 Å². The van der Waals surface area contributed by atoms with Crippen LogP contribution in [-0.4, -0.2) is 18.1 Å². The Balaban J connectivity index is 2.76. The van der Waals surface area contributed by atoms with Crippen LogP contribution < -0.4 is 16.2 Å². The fraction of sp³-hybridized carbons (Fsp3) is 0.545. The molecule has 0 aromatic carbocycles. The highest BCUT2D eigenvalue weighted by molar-refractivity contribution is 5.46. The van der Waals surface area contributed by atoms with Crippen molar-refractivity contribution in [2.24, 2.45) is 5.84 Å². The Bertz CT molecular complexity index is 300. The van der Waals surface area contributed by atoms with Gasteiger partial charge in [0.15, 0.2) is 0 Å². The van der Waals surface area contributed by atoms with Gasteiger partial charge in [0.25, 0.3) is 0 Å². The summed E-state index contributed by atoms with van der Waals surface area (Å²) in [5.74, 6) is 6.97. The number of anilines is 2. The van der Waals surface area contributed by atoms with E-state index in [0.29, 0.717) is 11.9 Å². The lowest BCUT2D eigenvalue weighted by Crippen LogP contribution is -2.29. The molecule has 0 aliphatic heterocycles. The number of aromatic nitrogens is 1. The number of rotatable bonds is 5. The fourth-order valence-electron chi connectivity index (χ4n) is 1.54. The summed E-state index contributed by atoms with van der Waals surface area (Å²) in [5.41, 5.74) is 2.56. The molecule has 0 aliphatic carbocycles. The Morgan fingerprint density at radius 2 is 2.27 bits per heavy atom. The highest BCUT2D eigenvalue weighted by atomic mass is 15.3. The molecule has 0 saturated carbocycles. The summed E-state index contributed by atoms with van der Waals surface area (Å²) >= 11 is 0. The summed E-state index contributed by atoms with van der Waals surface area (Å²) in [7, 11) is 2.06. The second-order valence-electron chi connectivity index (χ2n) is 3.77. The van der Waals surface area contributed by atoms with Gasteiger partial charge in [-0.2, -0.15) is 0 Å². The quantitative estimate of drug-likeness (QED) is 0.574. The van der Waals surface area contributed by atoms with E-state index in [-0.39, 0.29) is 0 Å². The number of nitrogens with two attached hydrogens (primary N) is 1. The summed E-state index contributed by atoms with van der Waals surface area (Å²) in [6, 6.07) is 6.29. The molecule has 0 radical (unpaired) electrons. The van der Waals surface area contributed by atoms with Crippen LogP contribution in [0, 0.1) is 0 Å². The third kappa shape index (κ3) is 3.09. The highest BCUT2D eigenvalue weighted by Crippen LogP contribution is 2.16. The molecular weight excluding hydrogens is 188 g/mol. The minimum atomic E-state index is 0.496. The zero-order valence-corrected chi connectivity index (χ0v) is 9.70. The van der Waals surface area contributed by atoms with Gasteiger partial charge in [-0.15, -0.1) is 0 Å². The van der Waals surface area contributed by atoms with Crippen molar-refractivity contribution in [3.8, 4) is 0 Å². The lowest BCUT2D eigenvalue weighted by molar-refractivity contribution is 0.611. The molecule has 4 nitrogen and oxygen atoms in total. The number of nitrogen functional groups attached to an aromatic ring is 1. The molecule has 1 heterocycles. The van der Waals surface area contributed by atoms with Crippen molar-refractivity contribution in [2.75, 3.05) is 17.4 Å². The summed E-state index contributed by atoms with van der Waals surface area (Å²) in [6.07, 6.45) is 2.35. The first-order valence-corrected chi connectivity index (χ1v) is 5.35. The molecule has 84 valence electrons.